The van der Waals surface area contributed by atoms with Crippen molar-refractivity contribution in [3.05, 3.63) is 35.4 Å². The molecule has 18 heavy (non-hydrogen) atoms. The Hall–Kier alpha value is -0.900. The number of aliphatic hydroxyl groups is 1. The summed E-state index contributed by atoms with van der Waals surface area (Å²) in [4.78, 5) is 0. The normalized spacial score (nSPS) is 26.4. The summed E-state index contributed by atoms with van der Waals surface area (Å²) < 4.78 is 5.17. The van der Waals surface area contributed by atoms with Crippen LogP contribution in [-0.2, 0) is 17.6 Å². The number of rotatable bonds is 4. The third-order valence-corrected chi connectivity index (χ3v) is 4.48. The van der Waals surface area contributed by atoms with Crippen LogP contribution >= 0.6 is 0 Å². The van der Waals surface area contributed by atoms with Crippen molar-refractivity contribution in [1.82, 2.24) is 0 Å². The molecule has 0 saturated carbocycles. The molecule has 1 aromatic rings. The van der Waals surface area contributed by atoms with Gasteiger partial charge in [0.1, 0.15) is 0 Å². The standard InChI is InChI=1S/C15H23NO2/c1-14(17,11-18-2)15(10-16)8-7-12-5-3-4-6-13(12)9-15/h3-6,17H,7-11,16H2,1-2H3. The molecule has 3 nitrogen and oxygen atoms in total. The number of methoxy groups -OCH3 is 1. The van der Waals surface area contributed by atoms with Crippen molar-refractivity contribution in [3.63, 3.8) is 0 Å². The molecule has 3 heteroatoms. The van der Waals surface area contributed by atoms with Gasteiger partial charge in [-0.3, -0.25) is 0 Å². The van der Waals surface area contributed by atoms with Crippen LogP contribution in [0.2, 0.25) is 0 Å². The second-order valence-corrected chi connectivity index (χ2v) is 5.64. The third kappa shape index (κ3) is 2.18. The molecule has 0 fully saturated rings. The predicted molar refractivity (Wildman–Crippen MR) is 72.5 cm³/mol. The van der Waals surface area contributed by atoms with Crippen LogP contribution in [0.1, 0.15) is 24.5 Å². The second-order valence-electron chi connectivity index (χ2n) is 5.64. The van der Waals surface area contributed by atoms with Gasteiger partial charge in [-0.25, -0.2) is 0 Å². The monoisotopic (exact) mass is 249 g/mol. The highest BCUT2D eigenvalue weighted by molar-refractivity contribution is 5.32. The Kier molecular flexibility index (Phi) is 3.76. The number of ether oxygens (including phenoxy) is 1. The first kappa shape index (κ1) is 13.5. The molecule has 0 aliphatic heterocycles. The van der Waals surface area contributed by atoms with Crippen molar-refractivity contribution in [1.29, 1.82) is 0 Å². The van der Waals surface area contributed by atoms with Crippen LogP contribution in [0.4, 0.5) is 0 Å². The number of fused-ring (bicyclic) bond motifs is 1. The Bertz CT molecular complexity index is 417. The first-order valence-electron chi connectivity index (χ1n) is 6.53. The van der Waals surface area contributed by atoms with Crippen LogP contribution < -0.4 is 5.73 Å². The fourth-order valence-corrected chi connectivity index (χ4v) is 3.09. The zero-order valence-electron chi connectivity index (χ0n) is 11.3. The number of hydrogen-bond donors (Lipinski definition) is 2. The molecule has 0 aromatic heterocycles. The number of benzene rings is 1. The van der Waals surface area contributed by atoms with Crippen molar-refractivity contribution in [2.75, 3.05) is 20.3 Å². The molecule has 1 aliphatic carbocycles. The Morgan fingerprint density at radius 3 is 2.67 bits per heavy atom. The van der Waals surface area contributed by atoms with Gasteiger partial charge in [-0.15, -0.1) is 0 Å². The molecule has 0 spiro atoms. The third-order valence-electron chi connectivity index (χ3n) is 4.48. The quantitative estimate of drug-likeness (QED) is 0.850. The molecule has 2 atom stereocenters. The van der Waals surface area contributed by atoms with Crippen LogP contribution in [-0.4, -0.2) is 31.0 Å². The van der Waals surface area contributed by atoms with E-state index in [1.54, 1.807) is 7.11 Å². The topological polar surface area (TPSA) is 55.5 Å². The molecular weight excluding hydrogens is 226 g/mol. The van der Waals surface area contributed by atoms with E-state index < -0.39 is 5.60 Å². The summed E-state index contributed by atoms with van der Waals surface area (Å²) in [6, 6.07) is 8.43. The summed E-state index contributed by atoms with van der Waals surface area (Å²) in [7, 11) is 1.62. The first-order chi connectivity index (χ1) is 8.54. The predicted octanol–water partition coefficient (Wildman–Crippen LogP) is 1.52. The number of nitrogens with two attached hydrogens (primary N) is 1. The molecular formula is C15H23NO2. The van der Waals surface area contributed by atoms with Gasteiger partial charge in [0.2, 0.25) is 0 Å². The van der Waals surface area contributed by atoms with Gasteiger partial charge < -0.3 is 15.6 Å². The summed E-state index contributed by atoms with van der Waals surface area (Å²) in [6.07, 6.45) is 2.72. The lowest BCUT2D eigenvalue weighted by atomic mass is 9.62. The van der Waals surface area contributed by atoms with Gasteiger partial charge in [0.05, 0.1) is 12.2 Å². The molecule has 0 heterocycles. The maximum atomic E-state index is 10.7. The molecule has 2 unspecified atom stereocenters. The fraction of sp³-hybridized carbons (Fsp3) is 0.600. The highest BCUT2D eigenvalue weighted by atomic mass is 16.5. The molecule has 0 bridgehead atoms. The van der Waals surface area contributed by atoms with E-state index in [4.69, 9.17) is 10.5 Å². The highest BCUT2D eigenvalue weighted by Gasteiger charge is 2.47. The molecule has 0 radical (unpaired) electrons. The summed E-state index contributed by atoms with van der Waals surface area (Å²) >= 11 is 0. The van der Waals surface area contributed by atoms with Gasteiger partial charge in [-0.05, 0) is 37.3 Å². The van der Waals surface area contributed by atoms with E-state index in [0.717, 1.165) is 19.3 Å². The molecule has 100 valence electrons. The van der Waals surface area contributed by atoms with E-state index in [9.17, 15) is 5.11 Å². The van der Waals surface area contributed by atoms with E-state index in [0.29, 0.717) is 13.2 Å². The Labute approximate surface area is 109 Å². The first-order valence-corrected chi connectivity index (χ1v) is 6.53. The van der Waals surface area contributed by atoms with Crippen molar-refractivity contribution in [3.8, 4) is 0 Å². The van der Waals surface area contributed by atoms with Crippen LogP contribution in [0.25, 0.3) is 0 Å². The smallest absolute Gasteiger partial charge is 0.0923 e. The van der Waals surface area contributed by atoms with E-state index in [2.05, 4.69) is 24.3 Å². The Balaban J connectivity index is 2.32. The van der Waals surface area contributed by atoms with Crippen molar-refractivity contribution in [2.24, 2.45) is 11.1 Å². The average Bonchev–Trinajstić information content (AvgIpc) is 2.37. The number of aryl methyl sites for hydroxylation is 1. The molecule has 0 amide bonds. The summed E-state index contributed by atoms with van der Waals surface area (Å²) in [5, 5.41) is 10.7. The van der Waals surface area contributed by atoms with Gasteiger partial charge in [-0.1, -0.05) is 24.3 Å². The minimum absolute atomic E-state index is 0.280. The molecule has 1 aromatic carbocycles. The van der Waals surface area contributed by atoms with E-state index in [-0.39, 0.29) is 5.41 Å². The SMILES string of the molecule is COCC(C)(O)C1(CN)CCc2ccccc2C1. The van der Waals surface area contributed by atoms with Gasteiger partial charge in [-0.2, -0.15) is 0 Å². The van der Waals surface area contributed by atoms with Crippen LogP contribution in [0.15, 0.2) is 24.3 Å². The summed E-state index contributed by atoms with van der Waals surface area (Å²) in [6.45, 7) is 2.65. The lowest BCUT2D eigenvalue weighted by Crippen LogP contribution is -2.56. The van der Waals surface area contributed by atoms with Crippen molar-refractivity contribution in [2.45, 2.75) is 31.8 Å². The zero-order valence-corrected chi connectivity index (χ0v) is 11.3. The van der Waals surface area contributed by atoms with Crippen LogP contribution in [0, 0.1) is 5.41 Å². The van der Waals surface area contributed by atoms with E-state index in [1.807, 2.05) is 6.92 Å². The largest absolute Gasteiger partial charge is 0.387 e. The zero-order chi connectivity index (χ0) is 13.2. The van der Waals surface area contributed by atoms with E-state index in [1.165, 1.54) is 11.1 Å². The maximum absolute atomic E-state index is 10.7. The molecule has 3 N–H and O–H groups in total. The fourth-order valence-electron chi connectivity index (χ4n) is 3.09. The molecule has 0 saturated heterocycles. The second kappa shape index (κ2) is 5.00. The number of hydrogen-bond acceptors (Lipinski definition) is 3. The van der Waals surface area contributed by atoms with E-state index >= 15 is 0 Å². The Morgan fingerprint density at radius 2 is 2.06 bits per heavy atom. The maximum Gasteiger partial charge on any atom is 0.0923 e. The van der Waals surface area contributed by atoms with Gasteiger partial charge in [0.15, 0.2) is 0 Å². The molecule has 1 aliphatic rings. The summed E-state index contributed by atoms with van der Waals surface area (Å²) in [5.74, 6) is 0. The van der Waals surface area contributed by atoms with Crippen LogP contribution in [0.5, 0.6) is 0 Å². The minimum atomic E-state index is -0.885. The van der Waals surface area contributed by atoms with Gasteiger partial charge >= 0.3 is 0 Å². The lowest BCUT2D eigenvalue weighted by molar-refractivity contribution is -0.115. The van der Waals surface area contributed by atoms with Crippen LogP contribution in [0.3, 0.4) is 0 Å². The summed E-state index contributed by atoms with van der Waals surface area (Å²) in [5.41, 5.74) is 7.53. The van der Waals surface area contributed by atoms with Crippen molar-refractivity contribution < 1.29 is 9.84 Å². The minimum Gasteiger partial charge on any atom is -0.387 e. The van der Waals surface area contributed by atoms with Crippen molar-refractivity contribution >= 4 is 0 Å². The van der Waals surface area contributed by atoms with Gasteiger partial charge in [0, 0.05) is 19.1 Å². The Morgan fingerprint density at radius 1 is 1.39 bits per heavy atom. The van der Waals surface area contributed by atoms with Gasteiger partial charge in [0.25, 0.3) is 0 Å². The average molecular weight is 249 g/mol. The lowest BCUT2D eigenvalue weighted by Gasteiger charge is -2.47. The molecule has 2 rings (SSSR count). The highest BCUT2D eigenvalue weighted by Crippen LogP contribution is 2.43.